The second-order valence-corrected chi connectivity index (χ2v) is 19.1. The molecule has 5 atom stereocenters. The molecule has 1 N–H and O–H groups in total. The normalized spacial score (nSPS) is 23.3. The molecule has 282 valence electrons. The Bertz CT molecular complexity index is 2420. The molecule has 1 spiro atoms. The van der Waals surface area contributed by atoms with Crippen LogP contribution in [-0.4, -0.2) is 63.7 Å². The van der Waals surface area contributed by atoms with E-state index in [1.165, 1.54) is 40.9 Å². The smallest absolute Gasteiger partial charge is 0.279 e. The summed E-state index contributed by atoms with van der Waals surface area (Å²) < 4.78 is 24.6. The number of anilines is 1. The van der Waals surface area contributed by atoms with Crippen molar-refractivity contribution in [2.75, 3.05) is 11.5 Å². The van der Waals surface area contributed by atoms with Crippen LogP contribution in [0.15, 0.2) is 102 Å². The van der Waals surface area contributed by atoms with Gasteiger partial charge in [0.05, 0.1) is 59.6 Å². The van der Waals surface area contributed by atoms with Crippen molar-refractivity contribution in [3.8, 4) is 5.69 Å². The van der Waals surface area contributed by atoms with E-state index in [1.807, 2.05) is 36.4 Å². The van der Waals surface area contributed by atoms with Crippen molar-refractivity contribution in [1.82, 2.24) is 14.7 Å². The lowest BCUT2D eigenvalue weighted by molar-refractivity contribution is -0.385. The molecule has 3 aliphatic heterocycles. The summed E-state index contributed by atoms with van der Waals surface area (Å²) in [7, 11) is -3.67. The van der Waals surface area contributed by atoms with Crippen molar-refractivity contribution in [3.63, 3.8) is 0 Å². The number of benzene rings is 4. The van der Waals surface area contributed by atoms with Crippen LogP contribution in [0.4, 0.5) is 15.5 Å². The molecule has 0 saturated carbocycles. The number of carbonyl (C=O) groups is 2. The van der Waals surface area contributed by atoms with Gasteiger partial charge in [-0.25, -0.2) is 0 Å². The van der Waals surface area contributed by atoms with Crippen LogP contribution >= 0.6 is 0 Å². The number of amides is 2. The van der Waals surface area contributed by atoms with Crippen molar-refractivity contribution >= 4 is 42.4 Å². The summed E-state index contributed by atoms with van der Waals surface area (Å²) in [5, 5.41) is 27.9. The molecule has 2 amide bonds. The number of hydrogen-bond donors (Lipinski definition) is 1. The van der Waals surface area contributed by atoms with E-state index in [9.17, 15) is 29.6 Å². The molecule has 4 heterocycles. The minimum Gasteiger partial charge on any atom is -0.394 e. The van der Waals surface area contributed by atoms with E-state index in [0.29, 0.717) is 28.7 Å². The van der Waals surface area contributed by atoms with Gasteiger partial charge in [-0.3, -0.25) is 24.5 Å². The number of nitro groups is 1. The average Bonchev–Trinajstić information content (AvgIpc) is 3.60. The molecule has 14 heteroatoms. The maximum absolute atomic E-state index is 16.5. The number of rotatable bonds is 8. The van der Waals surface area contributed by atoms with Crippen LogP contribution in [0, 0.1) is 16.0 Å². The van der Waals surface area contributed by atoms with E-state index >= 15 is 4.11 Å². The van der Waals surface area contributed by atoms with Gasteiger partial charge >= 0.3 is 0 Å². The third kappa shape index (κ3) is 6.04. The molecule has 3 aliphatic rings. The first-order valence-corrected chi connectivity index (χ1v) is 21.3. The summed E-state index contributed by atoms with van der Waals surface area (Å²) in [6.45, 7) is 4.89. The Labute approximate surface area is 317 Å². The van der Waals surface area contributed by atoms with E-state index in [2.05, 4.69) is 5.10 Å². The standard InChI is InChI=1S/C41H40FN5O7Si/c1-25-38(55(2,3)42)36(20-37(49)44-23-29-10-5-4-8-27(29)18-32(44)24-48)54-41(25)34-19-31(47(52)53)16-17-35(34)45(40(41)51)22-26-12-14-30(15-13-26)46-39(50)33-11-7-6-9-28(33)21-43-46/h4-17,19,21,25,32,36,38,48H,18,20,22-24H2,1-3H3/t25-,32+,36+,38-,41+/m1/s1. The van der Waals surface area contributed by atoms with Crippen LogP contribution in [0.25, 0.3) is 16.5 Å². The summed E-state index contributed by atoms with van der Waals surface area (Å²) in [4.78, 5) is 56.9. The number of fused-ring (bicyclic) bond motifs is 4. The van der Waals surface area contributed by atoms with Gasteiger partial charge in [0.1, 0.15) is 0 Å². The highest BCUT2D eigenvalue weighted by atomic mass is 28.4. The maximum Gasteiger partial charge on any atom is 0.279 e. The van der Waals surface area contributed by atoms with Crippen molar-refractivity contribution in [3.05, 3.63) is 140 Å². The second kappa shape index (κ2) is 13.6. The summed E-state index contributed by atoms with van der Waals surface area (Å²) >= 11 is 0. The fraction of sp³-hybridized carbons (Fsp3) is 0.317. The van der Waals surface area contributed by atoms with Crippen molar-refractivity contribution < 1.29 is 28.5 Å². The van der Waals surface area contributed by atoms with E-state index in [1.54, 1.807) is 54.4 Å². The van der Waals surface area contributed by atoms with Crippen LogP contribution in [0.2, 0.25) is 18.6 Å². The third-order valence-corrected chi connectivity index (χ3v) is 14.1. The Kier molecular flexibility index (Phi) is 9.02. The monoisotopic (exact) mass is 761 g/mol. The van der Waals surface area contributed by atoms with Crippen LogP contribution < -0.4 is 10.5 Å². The number of nitrogens with zero attached hydrogens (tertiary/aromatic N) is 5. The number of aromatic nitrogens is 2. The van der Waals surface area contributed by atoms with Gasteiger partial charge in [0.15, 0.2) is 5.60 Å². The lowest BCUT2D eigenvalue weighted by Crippen LogP contribution is -2.48. The molecule has 0 bridgehead atoms. The van der Waals surface area contributed by atoms with Crippen LogP contribution in [-0.2, 0) is 39.4 Å². The van der Waals surface area contributed by atoms with Crippen LogP contribution in [0.3, 0.4) is 0 Å². The largest absolute Gasteiger partial charge is 0.394 e. The van der Waals surface area contributed by atoms with Crippen molar-refractivity contribution in [2.24, 2.45) is 5.92 Å². The number of nitro benzene ring substituents is 1. The molecule has 0 aliphatic carbocycles. The van der Waals surface area contributed by atoms with E-state index in [4.69, 9.17) is 4.74 Å². The molecule has 8 rings (SSSR count). The molecular weight excluding hydrogens is 722 g/mol. The van der Waals surface area contributed by atoms with Gasteiger partial charge in [-0.15, -0.1) is 0 Å². The Hall–Kier alpha value is -5.57. The van der Waals surface area contributed by atoms with Crippen LogP contribution in [0.5, 0.6) is 0 Å². The number of aliphatic hydroxyl groups excluding tert-OH is 1. The zero-order valence-corrected chi connectivity index (χ0v) is 31.6. The molecule has 1 saturated heterocycles. The maximum atomic E-state index is 16.5. The Balaban J connectivity index is 1.13. The van der Waals surface area contributed by atoms with Gasteiger partial charge in [0.25, 0.3) is 17.2 Å². The third-order valence-electron chi connectivity index (χ3n) is 11.6. The summed E-state index contributed by atoms with van der Waals surface area (Å²) in [6.07, 6.45) is 0.862. The molecule has 5 aromatic rings. The van der Waals surface area contributed by atoms with Gasteiger partial charge in [0.2, 0.25) is 14.3 Å². The SMILES string of the molecule is C[C@@H]1[C@@H]([Si](C)(C)F)[C@H](CC(=O)N2Cc3ccccc3C[C@H]2CO)O[C@@]12C(=O)N(Cc1ccc(-n3ncc4ccccc4c3=O)cc1)c1ccc([N+](=O)[O-])cc12. The van der Waals surface area contributed by atoms with E-state index in [0.717, 1.165) is 16.5 Å². The van der Waals surface area contributed by atoms with E-state index in [-0.39, 0.29) is 48.8 Å². The number of non-ortho nitro benzene ring substituents is 1. The zero-order valence-electron chi connectivity index (χ0n) is 30.6. The quantitative estimate of drug-likeness (QED) is 0.0883. The lowest BCUT2D eigenvalue weighted by Gasteiger charge is -2.37. The molecule has 4 aromatic carbocycles. The predicted molar refractivity (Wildman–Crippen MR) is 206 cm³/mol. The van der Waals surface area contributed by atoms with Gasteiger partial charge in [0, 0.05) is 41.1 Å². The minimum absolute atomic E-state index is 0.0535. The van der Waals surface area contributed by atoms with Crippen molar-refractivity contribution in [1.29, 1.82) is 0 Å². The number of ether oxygens (including phenoxy) is 1. The highest BCUT2D eigenvalue weighted by Crippen LogP contribution is 2.60. The number of carbonyl (C=O) groups excluding carboxylic acids is 2. The van der Waals surface area contributed by atoms with Gasteiger partial charge in [-0.05, 0) is 60.5 Å². The Morgan fingerprint density at radius 1 is 1.04 bits per heavy atom. The van der Waals surface area contributed by atoms with E-state index < -0.39 is 48.4 Å². The number of hydrogen-bond acceptors (Lipinski definition) is 8. The predicted octanol–water partition coefficient (Wildman–Crippen LogP) is 5.95. The highest BCUT2D eigenvalue weighted by Gasteiger charge is 2.67. The first kappa shape index (κ1) is 36.4. The average molecular weight is 762 g/mol. The Morgan fingerprint density at radius 2 is 1.75 bits per heavy atom. The van der Waals surface area contributed by atoms with Gasteiger partial charge < -0.3 is 23.8 Å². The fourth-order valence-electron chi connectivity index (χ4n) is 9.04. The summed E-state index contributed by atoms with van der Waals surface area (Å²) in [5.74, 6) is -1.60. The molecule has 0 unspecified atom stereocenters. The fourth-order valence-corrected chi connectivity index (χ4v) is 11.5. The summed E-state index contributed by atoms with van der Waals surface area (Å²) in [5.41, 5.74) is 0.776. The van der Waals surface area contributed by atoms with Gasteiger partial charge in [-0.2, -0.15) is 9.78 Å². The topological polar surface area (TPSA) is 148 Å². The zero-order chi connectivity index (χ0) is 38.8. The van der Waals surface area contributed by atoms with Crippen molar-refractivity contribution in [2.45, 2.75) is 69.2 Å². The first-order chi connectivity index (χ1) is 26.3. The minimum atomic E-state index is -3.67. The lowest BCUT2D eigenvalue weighted by atomic mass is 9.82. The molecule has 0 radical (unpaired) electrons. The molecular formula is C41H40FN5O7Si. The first-order valence-electron chi connectivity index (χ1n) is 18.3. The second-order valence-electron chi connectivity index (χ2n) is 15.3. The number of halogens is 1. The molecule has 55 heavy (non-hydrogen) atoms. The molecule has 1 aromatic heterocycles. The number of aliphatic hydroxyl groups is 1. The highest BCUT2D eigenvalue weighted by molar-refractivity contribution is 6.72. The van der Waals surface area contributed by atoms with Crippen LogP contribution in [0.1, 0.15) is 35.6 Å². The molecule has 12 nitrogen and oxygen atoms in total. The Morgan fingerprint density at radius 3 is 2.45 bits per heavy atom. The summed E-state index contributed by atoms with van der Waals surface area (Å²) in [6, 6.07) is 25.6. The van der Waals surface area contributed by atoms with Gasteiger partial charge in [-0.1, -0.05) is 61.5 Å². The molecule has 1 fully saturated rings.